The Bertz CT molecular complexity index is 307. The minimum atomic E-state index is -0.223. The van der Waals surface area contributed by atoms with Crippen molar-refractivity contribution in [1.29, 1.82) is 0 Å². The number of hydrogen-bond acceptors (Lipinski definition) is 3. The van der Waals surface area contributed by atoms with Gasteiger partial charge in [0, 0.05) is 19.8 Å². The Labute approximate surface area is 104 Å². The first-order valence-corrected chi connectivity index (χ1v) is 6.53. The van der Waals surface area contributed by atoms with Crippen molar-refractivity contribution >= 4 is 0 Å². The van der Waals surface area contributed by atoms with Crippen LogP contribution in [0.5, 0.6) is 0 Å². The molecule has 4 nitrogen and oxygen atoms in total. The van der Waals surface area contributed by atoms with Crippen LogP contribution < -0.4 is 5.32 Å². The molecule has 1 unspecified atom stereocenters. The summed E-state index contributed by atoms with van der Waals surface area (Å²) in [6.07, 6.45) is 6.74. The molecule has 98 valence electrons. The molecular formula is C13H25N3O. The van der Waals surface area contributed by atoms with Crippen molar-refractivity contribution in [2.24, 2.45) is 13.0 Å². The maximum absolute atomic E-state index is 9.93. The molecule has 0 aliphatic heterocycles. The SMILES string of the molecule is CCC(CC)C(O)CNCCc1cnn(C)c1. The van der Waals surface area contributed by atoms with Gasteiger partial charge < -0.3 is 10.4 Å². The fraction of sp³-hybridized carbons (Fsp3) is 0.769. The van der Waals surface area contributed by atoms with E-state index in [1.165, 1.54) is 5.56 Å². The summed E-state index contributed by atoms with van der Waals surface area (Å²) in [5, 5.41) is 17.4. The Morgan fingerprint density at radius 2 is 2.12 bits per heavy atom. The van der Waals surface area contributed by atoms with E-state index in [1.54, 1.807) is 0 Å². The zero-order valence-electron chi connectivity index (χ0n) is 11.2. The van der Waals surface area contributed by atoms with Crippen molar-refractivity contribution in [1.82, 2.24) is 15.1 Å². The Hall–Kier alpha value is -0.870. The molecule has 1 rings (SSSR count). The minimum Gasteiger partial charge on any atom is -0.392 e. The molecule has 0 aromatic carbocycles. The van der Waals surface area contributed by atoms with E-state index < -0.39 is 0 Å². The normalized spacial score (nSPS) is 13.2. The summed E-state index contributed by atoms with van der Waals surface area (Å²) < 4.78 is 1.81. The molecule has 0 amide bonds. The van der Waals surface area contributed by atoms with E-state index in [0.717, 1.165) is 25.8 Å². The lowest BCUT2D eigenvalue weighted by atomic mass is 9.96. The predicted molar refractivity (Wildman–Crippen MR) is 69.9 cm³/mol. The first-order chi connectivity index (χ1) is 8.17. The van der Waals surface area contributed by atoms with Gasteiger partial charge in [0.2, 0.25) is 0 Å². The van der Waals surface area contributed by atoms with Gasteiger partial charge in [-0.2, -0.15) is 5.10 Å². The van der Waals surface area contributed by atoms with Gasteiger partial charge in [0.1, 0.15) is 0 Å². The van der Waals surface area contributed by atoms with Crippen molar-refractivity contribution in [2.75, 3.05) is 13.1 Å². The fourth-order valence-electron chi connectivity index (χ4n) is 2.08. The van der Waals surface area contributed by atoms with Gasteiger partial charge in [-0.15, -0.1) is 0 Å². The van der Waals surface area contributed by atoms with Crippen LogP contribution in [0, 0.1) is 5.92 Å². The molecule has 2 N–H and O–H groups in total. The highest BCUT2D eigenvalue weighted by Crippen LogP contribution is 2.12. The third-order valence-corrected chi connectivity index (χ3v) is 3.30. The third-order valence-electron chi connectivity index (χ3n) is 3.30. The zero-order valence-corrected chi connectivity index (χ0v) is 11.2. The van der Waals surface area contributed by atoms with Crippen molar-refractivity contribution in [2.45, 2.75) is 39.2 Å². The summed E-state index contributed by atoms with van der Waals surface area (Å²) in [6.45, 7) is 5.84. The molecule has 1 atom stereocenters. The van der Waals surface area contributed by atoms with E-state index in [-0.39, 0.29) is 6.10 Å². The molecule has 0 bridgehead atoms. The van der Waals surface area contributed by atoms with Crippen LogP contribution in [-0.2, 0) is 13.5 Å². The summed E-state index contributed by atoms with van der Waals surface area (Å²) in [7, 11) is 1.92. The molecule has 0 radical (unpaired) electrons. The maximum Gasteiger partial charge on any atom is 0.0692 e. The minimum absolute atomic E-state index is 0.223. The van der Waals surface area contributed by atoms with Crippen LogP contribution in [0.3, 0.4) is 0 Å². The summed E-state index contributed by atoms with van der Waals surface area (Å²) in [6, 6.07) is 0. The second kappa shape index (κ2) is 7.45. The van der Waals surface area contributed by atoms with Gasteiger partial charge in [0.25, 0.3) is 0 Å². The first kappa shape index (κ1) is 14.2. The number of rotatable bonds is 8. The van der Waals surface area contributed by atoms with Crippen LogP contribution in [0.4, 0.5) is 0 Å². The number of nitrogens with zero attached hydrogens (tertiary/aromatic N) is 2. The molecule has 0 saturated carbocycles. The standard InChI is InChI=1S/C13H25N3O/c1-4-12(5-2)13(17)9-14-7-6-11-8-15-16(3)10-11/h8,10,12-14,17H,4-7,9H2,1-3H3. The summed E-state index contributed by atoms with van der Waals surface area (Å²) >= 11 is 0. The van der Waals surface area contributed by atoms with E-state index in [4.69, 9.17) is 0 Å². The molecule has 1 aromatic rings. The number of hydrogen-bond donors (Lipinski definition) is 2. The van der Waals surface area contributed by atoms with Crippen molar-refractivity contribution in [3.63, 3.8) is 0 Å². The molecule has 1 aromatic heterocycles. The topological polar surface area (TPSA) is 50.1 Å². The number of nitrogens with one attached hydrogen (secondary N) is 1. The highest BCUT2D eigenvalue weighted by atomic mass is 16.3. The highest BCUT2D eigenvalue weighted by molar-refractivity contribution is 5.03. The van der Waals surface area contributed by atoms with Crippen molar-refractivity contribution in [3.05, 3.63) is 18.0 Å². The van der Waals surface area contributed by atoms with Crippen LogP contribution in [-0.4, -0.2) is 34.1 Å². The molecule has 0 aliphatic rings. The molecular weight excluding hydrogens is 214 g/mol. The lowest BCUT2D eigenvalue weighted by Crippen LogP contribution is -2.33. The van der Waals surface area contributed by atoms with Crippen LogP contribution >= 0.6 is 0 Å². The first-order valence-electron chi connectivity index (χ1n) is 6.53. The van der Waals surface area contributed by atoms with Crippen LogP contribution in [0.25, 0.3) is 0 Å². The third kappa shape index (κ3) is 4.88. The molecule has 1 heterocycles. The maximum atomic E-state index is 9.93. The number of aromatic nitrogens is 2. The van der Waals surface area contributed by atoms with Gasteiger partial charge >= 0.3 is 0 Å². The second-order valence-corrected chi connectivity index (χ2v) is 4.62. The summed E-state index contributed by atoms with van der Waals surface area (Å²) in [5.74, 6) is 0.417. The average molecular weight is 239 g/mol. The molecule has 17 heavy (non-hydrogen) atoms. The largest absolute Gasteiger partial charge is 0.392 e. The van der Waals surface area contributed by atoms with Gasteiger partial charge in [-0.3, -0.25) is 4.68 Å². The Kier molecular flexibility index (Phi) is 6.22. The van der Waals surface area contributed by atoms with E-state index in [1.807, 2.05) is 24.1 Å². The molecule has 0 spiro atoms. The monoisotopic (exact) mass is 239 g/mol. The van der Waals surface area contributed by atoms with E-state index >= 15 is 0 Å². The quantitative estimate of drug-likeness (QED) is 0.673. The van der Waals surface area contributed by atoms with Gasteiger partial charge in [-0.1, -0.05) is 26.7 Å². The fourth-order valence-corrected chi connectivity index (χ4v) is 2.08. The number of aliphatic hydroxyl groups is 1. The zero-order chi connectivity index (χ0) is 12.7. The van der Waals surface area contributed by atoms with Gasteiger partial charge in [0.05, 0.1) is 12.3 Å². The highest BCUT2D eigenvalue weighted by Gasteiger charge is 2.14. The Balaban J connectivity index is 2.15. The predicted octanol–water partition coefficient (Wildman–Crippen LogP) is 1.35. The van der Waals surface area contributed by atoms with Gasteiger partial charge in [0.15, 0.2) is 0 Å². The van der Waals surface area contributed by atoms with Crippen LogP contribution in [0.1, 0.15) is 32.3 Å². The van der Waals surface area contributed by atoms with Crippen LogP contribution in [0.2, 0.25) is 0 Å². The second-order valence-electron chi connectivity index (χ2n) is 4.62. The molecule has 0 fully saturated rings. The summed E-state index contributed by atoms with van der Waals surface area (Å²) in [4.78, 5) is 0. The lowest BCUT2D eigenvalue weighted by molar-refractivity contribution is 0.102. The lowest BCUT2D eigenvalue weighted by Gasteiger charge is -2.20. The van der Waals surface area contributed by atoms with Crippen LogP contribution in [0.15, 0.2) is 12.4 Å². The van der Waals surface area contributed by atoms with Gasteiger partial charge in [-0.05, 0) is 24.4 Å². The van der Waals surface area contributed by atoms with E-state index in [2.05, 4.69) is 24.3 Å². The average Bonchev–Trinajstić information content (AvgIpc) is 2.72. The molecule has 4 heteroatoms. The Morgan fingerprint density at radius 1 is 1.41 bits per heavy atom. The summed E-state index contributed by atoms with van der Waals surface area (Å²) in [5.41, 5.74) is 1.23. The van der Waals surface area contributed by atoms with Crippen molar-refractivity contribution < 1.29 is 5.11 Å². The van der Waals surface area contributed by atoms with E-state index in [0.29, 0.717) is 12.5 Å². The molecule has 0 aliphatic carbocycles. The number of aliphatic hydroxyl groups excluding tert-OH is 1. The Morgan fingerprint density at radius 3 is 2.65 bits per heavy atom. The number of aryl methyl sites for hydroxylation is 1. The smallest absolute Gasteiger partial charge is 0.0692 e. The van der Waals surface area contributed by atoms with E-state index in [9.17, 15) is 5.11 Å². The molecule has 0 saturated heterocycles. The van der Waals surface area contributed by atoms with Gasteiger partial charge in [-0.25, -0.2) is 0 Å². The van der Waals surface area contributed by atoms with Crippen molar-refractivity contribution in [3.8, 4) is 0 Å².